The van der Waals surface area contributed by atoms with Crippen molar-refractivity contribution in [1.29, 1.82) is 0 Å². The van der Waals surface area contributed by atoms with Crippen LogP contribution in [0, 0.1) is 5.92 Å². The predicted molar refractivity (Wildman–Crippen MR) is 48.0 cm³/mol. The second-order valence-corrected chi connectivity index (χ2v) is 2.93. The van der Waals surface area contributed by atoms with Crippen LogP contribution in [-0.2, 0) is 0 Å². The van der Waals surface area contributed by atoms with Gasteiger partial charge in [-0.1, -0.05) is 6.92 Å². The van der Waals surface area contributed by atoms with Crippen LogP contribution in [-0.4, -0.2) is 18.6 Å². The Kier molecular flexibility index (Phi) is 3.08. The quantitative estimate of drug-likeness (QED) is 0.449. The van der Waals surface area contributed by atoms with Crippen molar-refractivity contribution in [1.82, 2.24) is 5.43 Å². The number of rotatable bonds is 1. The fraction of sp³-hybridized carbons (Fsp3) is 0.750. The summed E-state index contributed by atoms with van der Waals surface area (Å²) in [4.78, 5) is 4.34. The molecule has 0 spiro atoms. The molecule has 0 amide bonds. The fourth-order valence-corrected chi connectivity index (χ4v) is 1.05. The molecule has 0 fully saturated rings. The minimum atomic E-state index is 0.742. The monoisotopic (exact) mass is 153 g/mol. The molecule has 62 valence electrons. The minimum absolute atomic E-state index is 0.742. The molecule has 0 aromatic rings. The van der Waals surface area contributed by atoms with E-state index < -0.39 is 0 Å². The van der Waals surface area contributed by atoms with Gasteiger partial charge >= 0.3 is 0 Å². The van der Waals surface area contributed by atoms with Crippen molar-refractivity contribution in [3.05, 3.63) is 0 Å². The maximum absolute atomic E-state index is 4.34. The lowest BCUT2D eigenvalue weighted by Crippen LogP contribution is -2.23. The van der Waals surface area contributed by atoms with Gasteiger partial charge in [0.25, 0.3) is 0 Å². The van der Waals surface area contributed by atoms with Gasteiger partial charge in [-0.15, -0.1) is 0 Å². The van der Waals surface area contributed by atoms with Crippen LogP contribution >= 0.6 is 0 Å². The van der Waals surface area contributed by atoms with Crippen molar-refractivity contribution in [2.45, 2.75) is 26.7 Å². The number of aliphatic imine (C=N–C) groups is 1. The standard InChI is InChI=1S/C8H15N3/c1-3-10-11-8-5-4-7(2)6-9-8/h3,7H,4-6H2,1-2H3,(H,9,11). The van der Waals surface area contributed by atoms with Crippen molar-refractivity contribution in [2.75, 3.05) is 6.54 Å². The Bertz CT molecular complexity index is 172. The van der Waals surface area contributed by atoms with E-state index in [4.69, 9.17) is 0 Å². The molecule has 0 bridgehead atoms. The normalized spacial score (nSPS) is 25.3. The molecule has 0 aliphatic carbocycles. The van der Waals surface area contributed by atoms with Crippen LogP contribution < -0.4 is 5.43 Å². The molecule has 3 nitrogen and oxygen atoms in total. The molecular formula is C8H15N3. The number of hydrazone groups is 1. The van der Waals surface area contributed by atoms with E-state index in [1.807, 2.05) is 6.92 Å². The summed E-state index contributed by atoms with van der Waals surface area (Å²) in [7, 11) is 0. The van der Waals surface area contributed by atoms with Gasteiger partial charge in [-0.3, -0.25) is 10.4 Å². The Morgan fingerprint density at radius 1 is 1.73 bits per heavy atom. The molecular weight excluding hydrogens is 138 g/mol. The maximum Gasteiger partial charge on any atom is 0.117 e. The molecule has 1 aliphatic rings. The van der Waals surface area contributed by atoms with Gasteiger partial charge < -0.3 is 0 Å². The van der Waals surface area contributed by atoms with Gasteiger partial charge in [-0.05, 0) is 19.3 Å². The van der Waals surface area contributed by atoms with E-state index in [-0.39, 0.29) is 0 Å². The van der Waals surface area contributed by atoms with Gasteiger partial charge in [0.05, 0.1) is 0 Å². The maximum atomic E-state index is 4.34. The second kappa shape index (κ2) is 4.11. The third kappa shape index (κ3) is 2.70. The lowest BCUT2D eigenvalue weighted by Gasteiger charge is -2.16. The summed E-state index contributed by atoms with van der Waals surface area (Å²) in [6, 6.07) is 0. The number of nitrogens with zero attached hydrogens (tertiary/aromatic N) is 2. The highest BCUT2D eigenvalue weighted by Gasteiger charge is 2.09. The topological polar surface area (TPSA) is 36.8 Å². The molecule has 1 aliphatic heterocycles. The second-order valence-electron chi connectivity index (χ2n) is 2.93. The molecule has 0 saturated carbocycles. The van der Waals surface area contributed by atoms with Crippen LogP contribution in [0.3, 0.4) is 0 Å². The Morgan fingerprint density at radius 2 is 2.55 bits per heavy atom. The lowest BCUT2D eigenvalue weighted by molar-refractivity contribution is 0.530. The predicted octanol–water partition coefficient (Wildman–Crippen LogP) is 1.41. The highest BCUT2D eigenvalue weighted by atomic mass is 15.3. The van der Waals surface area contributed by atoms with Gasteiger partial charge in [0.2, 0.25) is 0 Å². The van der Waals surface area contributed by atoms with E-state index in [1.165, 1.54) is 6.42 Å². The molecule has 0 aromatic heterocycles. The Hall–Kier alpha value is -0.860. The summed E-state index contributed by atoms with van der Waals surface area (Å²) in [6.45, 7) is 5.06. The first-order valence-electron chi connectivity index (χ1n) is 4.10. The van der Waals surface area contributed by atoms with Crippen molar-refractivity contribution in [3.63, 3.8) is 0 Å². The summed E-state index contributed by atoms with van der Waals surface area (Å²) in [5, 5.41) is 3.91. The molecule has 0 aromatic carbocycles. The Balaban J connectivity index is 2.35. The fourth-order valence-electron chi connectivity index (χ4n) is 1.05. The summed E-state index contributed by atoms with van der Waals surface area (Å²) in [6.07, 6.45) is 4.00. The first kappa shape index (κ1) is 8.24. The number of hydrogen-bond donors (Lipinski definition) is 1. The van der Waals surface area contributed by atoms with E-state index in [1.54, 1.807) is 6.21 Å². The van der Waals surface area contributed by atoms with Crippen LogP contribution in [0.5, 0.6) is 0 Å². The van der Waals surface area contributed by atoms with E-state index in [0.717, 1.165) is 24.7 Å². The molecule has 11 heavy (non-hydrogen) atoms. The molecule has 1 unspecified atom stereocenters. The van der Waals surface area contributed by atoms with Gasteiger partial charge in [-0.25, -0.2) is 0 Å². The number of amidine groups is 1. The molecule has 0 saturated heterocycles. The zero-order valence-electron chi connectivity index (χ0n) is 7.17. The molecule has 1 rings (SSSR count). The smallest absolute Gasteiger partial charge is 0.117 e. The van der Waals surface area contributed by atoms with Crippen molar-refractivity contribution >= 4 is 12.1 Å². The van der Waals surface area contributed by atoms with Crippen molar-refractivity contribution < 1.29 is 0 Å². The van der Waals surface area contributed by atoms with Crippen LogP contribution in [0.15, 0.2) is 10.1 Å². The Morgan fingerprint density at radius 3 is 3.09 bits per heavy atom. The average Bonchev–Trinajstić information content (AvgIpc) is 2.04. The largest absolute Gasteiger partial charge is 0.271 e. The Labute approximate surface area is 67.6 Å². The van der Waals surface area contributed by atoms with E-state index in [9.17, 15) is 0 Å². The highest BCUT2D eigenvalue weighted by Crippen LogP contribution is 2.11. The van der Waals surface area contributed by atoms with Gasteiger partial charge in [-0.2, -0.15) is 5.10 Å². The average molecular weight is 153 g/mol. The SMILES string of the molecule is CC=NNC1=NCC(C)CC1. The zero-order chi connectivity index (χ0) is 8.10. The van der Waals surface area contributed by atoms with E-state index in [0.29, 0.717) is 0 Å². The van der Waals surface area contributed by atoms with Crippen LogP contribution in [0.2, 0.25) is 0 Å². The minimum Gasteiger partial charge on any atom is -0.271 e. The molecule has 0 radical (unpaired) electrons. The summed E-state index contributed by atoms with van der Waals surface area (Å²) in [5.74, 6) is 1.77. The van der Waals surface area contributed by atoms with Crippen LogP contribution in [0.25, 0.3) is 0 Å². The number of hydrogen-bond acceptors (Lipinski definition) is 3. The lowest BCUT2D eigenvalue weighted by atomic mass is 10.0. The van der Waals surface area contributed by atoms with Crippen LogP contribution in [0.4, 0.5) is 0 Å². The third-order valence-electron chi connectivity index (χ3n) is 1.79. The van der Waals surface area contributed by atoms with Gasteiger partial charge in [0.15, 0.2) is 0 Å². The van der Waals surface area contributed by atoms with E-state index in [2.05, 4.69) is 22.4 Å². The zero-order valence-corrected chi connectivity index (χ0v) is 7.17. The molecule has 3 heteroatoms. The summed E-state index contributed by atoms with van der Waals surface area (Å²) in [5.41, 5.74) is 2.91. The van der Waals surface area contributed by atoms with Crippen molar-refractivity contribution in [3.8, 4) is 0 Å². The third-order valence-corrected chi connectivity index (χ3v) is 1.79. The number of nitrogens with one attached hydrogen (secondary N) is 1. The first-order valence-corrected chi connectivity index (χ1v) is 4.10. The molecule has 1 heterocycles. The van der Waals surface area contributed by atoms with Crippen LogP contribution in [0.1, 0.15) is 26.7 Å². The van der Waals surface area contributed by atoms with E-state index >= 15 is 0 Å². The highest BCUT2D eigenvalue weighted by molar-refractivity contribution is 5.83. The van der Waals surface area contributed by atoms with Gasteiger partial charge in [0.1, 0.15) is 5.84 Å². The summed E-state index contributed by atoms with van der Waals surface area (Å²) >= 11 is 0. The molecule has 1 N–H and O–H groups in total. The molecule has 1 atom stereocenters. The first-order chi connectivity index (χ1) is 5.33. The summed E-state index contributed by atoms with van der Waals surface area (Å²) < 4.78 is 0. The van der Waals surface area contributed by atoms with Crippen molar-refractivity contribution in [2.24, 2.45) is 16.0 Å². The van der Waals surface area contributed by atoms with Gasteiger partial charge in [0, 0.05) is 19.2 Å².